The molecule has 2 heteroatoms. The molecule has 1 rings (SSSR count). The minimum Gasteiger partial charge on any atom is -0.376 e. The Morgan fingerprint density at radius 1 is 1.00 bits per heavy atom. The quantitative estimate of drug-likeness (QED) is 0.677. The highest BCUT2D eigenvalue weighted by atomic mass is 16.3. The van der Waals surface area contributed by atoms with E-state index in [-0.39, 0.29) is 0 Å². The highest BCUT2D eigenvalue weighted by Gasteiger charge is 2.07. The predicted octanol–water partition coefficient (Wildman–Crippen LogP) is 1.02. The van der Waals surface area contributed by atoms with Gasteiger partial charge < -0.3 is 10.2 Å². The molecule has 0 saturated carbocycles. The van der Waals surface area contributed by atoms with Crippen LogP contribution in [-0.4, -0.2) is 10.2 Å². The summed E-state index contributed by atoms with van der Waals surface area (Å²) < 4.78 is 0. The maximum absolute atomic E-state index is 9.34. The zero-order valence-electron chi connectivity index (χ0n) is 7.51. The number of hydrogen-bond acceptors (Lipinski definition) is 2. The molecule has 2 nitrogen and oxygen atoms in total. The minimum absolute atomic E-state index is 0.555. The second kappa shape index (κ2) is 4.48. The molecule has 0 amide bonds. The molecule has 2 N–H and O–H groups in total. The number of benzene rings is 1. The molecule has 2 atom stereocenters. The molecule has 1 aromatic carbocycles. The zero-order chi connectivity index (χ0) is 10.6. The van der Waals surface area contributed by atoms with Crippen LogP contribution < -0.4 is 0 Å². The van der Waals surface area contributed by atoms with Gasteiger partial charge in [0.1, 0.15) is 12.2 Å². The van der Waals surface area contributed by atoms with Gasteiger partial charge >= 0.3 is 0 Å². The smallest absolute Gasteiger partial charge is 0.139 e. The van der Waals surface area contributed by atoms with Gasteiger partial charge in [-0.3, -0.25) is 0 Å². The van der Waals surface area contributed by atoms with Gasteiger partial charge in [0.05, 0.1) is 0 Å². The normalized spacial score (nSPS) is 13.7. The molecule has 14 heavy (non-hydrogen) atoms. The first kappa shape index (κ1) is 10.3. The third kappa shape index (κ3) is 2.14. The molecule has 0 bridgehead atoms. The van der Waals surface area contributed by atoms with Gasteiger partial charge in [0, 0.05) is 0 Å². The monoisotopic (exact) mass is 186 g/mol. The number of rotatable bonds is 2. The summed E-state index contributed by atoms with van der Waals surface area (Å²) in [7, 11) is 0. The Bertz CT molecular complexity index is 360. The second-order valence-electron chi connectivity index (χ2n) is 2.81. The lowest BCUT2D eigenvalue weighted by molar-refractivity contribution is 0.232. The van der Waals surface area contributed by atoms with Crippen LogP contribution in [0, 0.1) is 24.7 Å². The summed E-state index contributed by atoms with van der Waals surface area (Å²) in [6.45, 7) is 0. The van der Waals surface area contributed by atoms with Crippen molar-refractivity contribution >= 4 is 0 Å². The summed E-state index contributed by atoms with van der Waals surface area (Å²) in [5.74, 6) is 4.38. The van der Waals surface area contributed by atoms with Crippen molar-refractivity contribution in [2.24, 2.45) is 0 Å². The van der Waals surface area contributed by atoms with Crippen LogP contribution >= 0.6 is 0 Å². The topological polar surface area (TPSA) is 40.5 Å². The van der Waals surface area contributed by atoms with E-state index in [9.17, 15) is 10.2 Å². The summed E-state index contributed by atoms with van der Waals surface area (Å²) in [4.78, 5) is 0. The van der Waals surface area contributed by atoms with Crippen molar-refractivity contribution in [2.45, 2.75) is 12.2 Å². The van der Waals surface area contributed by atoms with Gasteiger partial charge in [-0.2, -0.15) is 0 Å². The maximum Gasteiger partial charge on any atom is 0.139 e. The van der Waals surface area contributed by atoms with E-state index in [0.717, 1.165) is 0 Å². The summed E-state index contributed by atoms with van der Waals surface area (Å²) in [6, 6.07) is 6.63. The van der Waals surface area contributed by atoms with E-state index in [4.69, 9.17) is 12.8 Å². The van der Waals surface area contributed by atoms with Crippen molar-refractivity contribution in [1.82, 2.24) is 0 Å². The number of aliphatic hydroxyl groups excluding tert-OH is 2. The summed E-state index contributed by atoms with van der Waals surface area (Å²) in [5.41, 5.74) is 1.11. The number of terminal acetylenes is 2. The van der Waals surface area contributed by atoms with E-state index in [1.807, 2.05) is 0 Å². The second-order valence-corrected chi connectivity index (χ2v) is 2.81. The SMILES string of the molecule is C#C[C@@H](O)c1cccc([C@H](O)C#C)c1. The van der Waals surface area contributed by atoms with Gasteiger partial charge in [-0.25, -0.2) is 0 Å². The van der Waals surface area contributed by atoms with E-state index >= 15 is 0 Å². The molecule has 0 unspecified atom stereocenters. The Balaban J connectivity index is 3.03. The molecule has 70 valence electrons. The van der Waals surface area contributed by atoms with Crippen LogP contribution in [0.15, 0.2) is 24.3 Å². The minimum atomic E-state index is -0.958. The van der Waals surface area contributed by atoms with Crippen molar-refractivity contribution in [1.29, 1.82) is 0 Å². The lowest BCUT2D eigenvalue weighted by Gasteiger charge is -2.08. The Hall–Kier alpha value is -1.74. The van der Waals surface area contributed by atoms with Crippen molar-refractivity contribution in [3.8, 4) is 24.7 Å². The van der Waals surface area contributed by atoms with Gasteiger partial charge in [-0.1, -0.05) is 30.0 Å². The fourth-order valence-electron chi connectivity index (χ4n) is 1.09. The van der Waals surface area contributed by atoms with E-state index in [2.05, 4.69) is 11.8 Å². The van der Waals surface area contributed by atoms with Crippen LogP contribution in [0.4, 0.5) is 0 Å². The van der Waals surface area contributed by atoms with Crippen LogP contribution in [0.3, 0.4) is 0 Å². The fourth-order valence-corrected chi connectivity index (χ4v) is 1.09. The Morgan fingerprint density at radius 2 is 1.43 bits per heavy atom. The third-order valence-corrected chi connectivity index (χ3v) is 1.86. The first-order valence-electron chi connectivity index (χ1n) is 4.07. The van der Waals surface area contributed by atoms with Gasteiger partial charge in [-0.15, -0.1) is 12.8 Å². The van der Waals surface area contributed by atoms with E-state index in [1.165, 1.54) is 0 Å². The van der Waals surface area contributed by atoms with E-state index in [1.54, 1.807) is 24.3 Å². The van der Waals surface area contributed by atoms with E-state index in [0.29, 0.717) is 11.1 Å². The molecule has 1 aromatic rings. The Labute approximate surface area is 83.2 Å². The van der Waals surface area contributed by atoms with Crippen LogP contribution in [0.1, 0.15) is 23.3 Å². The lowest BCUT2D eigenvalue weighted by Crippen LogP contribution is -1.98. The average molecular weight is 186 g/mol. The van der Waals surface area contributed by atoms with Crippen molar-refractivity contribution in [3.05, 3.63) is 35.4 Å². The fraction of sp³-hybridized carbons (Fsp3) is 0.167. The van der Waals surface area contributed by atoms with Gasteiger partial charge in [0.15, 0.2) is 0 Å². The summed E-state index contributed by atoms with van der Waals surface area (Å²) >= 11 is 0. The molecule has 0 aliphatic carbocycles. The van der Waals surface area contributed by atoms with Crippen LogP contribution in [0.2, 0.25) is 0 Å². The first-order valence-corrected chi connectivity index (χ1v) is 4.07. The van der Waals surface area contributed by atoms with Crippen LogP contribution in [-0.2, 0) is 0 Å². The molecule has 0 aliphatic rings. The van der Waals surface area contributed by atoms with Crippen molar-refractivity contribution < 1.29 is 10.2 Å². The third-order valence-electron chi connectivity index (χ3n) is 1.86. The number of aliphatic hydroxyl groups is 2. The molecule has 0 fully saturated rings. The molecule has 0 spiro atoms. The predicted molar refractivity (Wildman–Crippen MR) is 54.0 cm³/mol. The molecular formula is C12H10O2. The molecule has 0 aromatic heterocycles. The largest absolute Gasteiger partial charge is 0.376 e. The molecule has 0 saturated heterocycles. The van der Waals surface area contributed by atoms with Crippen molar-refractivity contribution in [3.63, 3.8) is 0 Å². The number of hydrogen-bond donors (Lipinski definition) is 2. The molecule has 0 radical (unpaired) electrons. The highest BCUT2D eigenvalue weighted by molar-refractivity contribution is 5.32. The van der Waals surface area contributed by atoms with E-state index < -0.39 is 12.2 Å². The average Bonchev–Trinajstić information content (AvgIpc) is 2.27. The summed E-state index contributed by atoms with van der Waals surface area (Å²) in [5, 5.41) is 18.7. The molecular weight excluding hydrogens is 176 g/mol. The standard InChI is InChI=1S/C12H10O2/c1-3-11(13)9-6-5-7-10(8-9)12(14)4-2/h1-2,5-8,11-14H/t11-,12-/m1/s1. The van der Waals surface area contributed by atoms with Gasteiger partial charge in [-0.05, 0) is 17.2 Å². The Morgan fingerprint density at radius 3 is 1.79 bits per heavy atom. The maximum atomic E-state index is 9.34. The van der Waals surface area contributed by atoms with Gasteiger partial charge in [0.25, 0.3) is 0 Å². The van der Waals surface area contributed by atoms with Crippen LogP contribution in [0.25, 0.3) is 0 Å². The lowest BCUT2D eigenvalue weighted by atomic mass is 10.0. The molecule has 0 heterocycles. The zero-order valence-corrected chi connectivity index (χ0v) is 7.51. The molecule has 0 aliphatic heterocycles. The van der Waals surface area contributed by atoms with Gasteiger partial charge in [0.2, 0.25) is 0 Å². The highest BCUT2D eigenvalue weighted by Crippen LogP contribution is 2.18. The first-order chi connectivity index (χ1) is 6.69. The van der Waals surface area contributed by atoms with Crippen molar-refractivity contribution in [2.75, 3.05) is 0 Å². The van der Waals surface area contributed by atoms with Crippen LogP contribution in [0.5, 0.6) is 0 Å². The summed E-state index contributed by atoms with van der Waals surface area (Å²) in [6.07, 6.45) is 8.20. The Kier molecular flexibility index (Phi) is 3.31.